The molecule has 0 bridgehead atoms. The van der Waals surface area contributed by atoms with E-state index in [1.54, 1.807) is 0 Å². The number of carbonyl (C=O) groups is 2. The molecule has 0 fully saturated rings. The summed E-state index contributed by atoms with van der Waals surface area (Å²) >= 11 is 0. The van der Waals surface area contributed by atoms with E-state index in [2.05, 4.69) is 23.9 Å². The van der Waals surface area contributed by atoms with Crippen molar-refractivity contribution >= 4 is 11.9 Å². The lowest BCUT2D eigenvalue weighted by Gasteiger charge is -2.09. The molecule has 1 aromatic rings. The average molecular weight is 375 g/mol. The summed E-state index contributed by atoms with van der Waals surface area (Å²) in [5, 5.41) is 2.92. The molecule has 26 heavy (non-hydrogen) atoms. The Kier molecular flexibility index (Phi) is 9.12. The van der Waals surface area contributed by atoms with Gasteiger partial charge in [0.2, 0.25) is 0 Å². The summed E-state index contributed by atoms with van der Waals surface area (Å²) in [5.74, 6) is -2.39. The zero-order valence-corrected chi connectivity index (χ0v) is 14.9. The number of rotatable bonds is 10. The molecular weight excluding hydrogens is 351 g/mol. The standard InChI is InChI=1S/C18H24F3NO4/c1-13(2)12-25-15-7-5-14(6-8-15)4-3-10-22-11-9-16(23)26-17(24)18(19,20)21/h5-8,13,22H,3-4,9-12H2,1-2H3. The Morgan fingerprint density at radius 1 is 1.12 bits per heavy atom. The highest BCUT2D eigenvalue weighted by Crippen LogP contribution is 2.16. The van der Waals surface area contributed by atoms with Gasteiger partial charge in [-0.25, -0.2) is 4.79 Å². The van der Waals surface area contributed by atoms with Gasteiger partial charge in [0.05, 0.1) is 13.0 Å². The fraction of sp³-hybridized carbons (Fsp3) is 0.556. The van der Waals surface area contributed by atoms with Crippen molar-refractivity contribution in [2.45, 2.75) is 39.3 Å². The van der Waals surface area contributed by atoms with Crippen molar-refractivity contribution in [1.29, 1.82) is 0 Å². The first-order valence-corrected chi connectivity index (χ1v) is 8.42. The van der Waals surface area contributed by atoms with E-state index in [0.29, 0.717) is 19.1 Å². The molecule has 1 N–H and O–H groups in total. The van der Waals surface area contributed by atoms with Crippen LogP contribution in [0.5, 0.6) is 5.75 Å². The molecule has 0 aromatic heterocycles. The van der Waals surface area contributed by atoms with Gasteiger partial charge in [-0.05, 0) is 43.0 Å². The van der Waals surface area contributed by atoms with E-state index in [4.69, 9.17) is 4.74 Å². The smallest absolute Gasteiger partial charge is 0.491 e. The van der Waals surface area contributed by atoms with Crippen LogP contribution in [0.4, 0.5) is 13.2 Å². The molecule has 0 spiro atoms. The van der Waals surface area contributed by atoms with Gasteiger partial charge in [-0.1, -0.05) is 26.0 Å². The predicted molar refractivity (Wildman–Crippen MR) is 89.7 cm³/mol. The number of halogens is 3. The molecule has 5 nitrogen and oxygen atoms in total. The molecule has 146 valence electrons. The molecule has 0 aliphatic heterocycles. The Balaban J connectivity index is 2.13. The van der Waals surface area contributed by atoms with Crippen molar-refractivity contribution in [3.8, 4) is 5.75 Å². The van der Waals surface area contributed by atoms with E-state index in [1.807, 2.05) is 24.3 Å². The van der Waals surface area contributed by atoms with Gasteiger partial charge < -0.3 is 14.8 Å². The van der Waals surface area contributed by atoms with Gasteiger partial charge in [0.1, 0.15) is 5.75 Å². The molecule has 0 radical (unpaired) electrons. The number of nitrogens with one attached hydrogen (secondary N) is 1. The second-order valence-electron chi connectivity index (χ2n) is 6.21. The largest absolute Gasteiger partial charge is 0.493 e. The van der Waals surface area contributed by atoms with Crippen molar-refractivity contribution < 1.29 is 32.2 Å². The quantitative estimate of drug-likeness (QED) is 0.386. The van der Waals surface area contributed by atoms with Crippen LogP contribution >= 0.6 is 0 Å². The molecular formula is C18H24F3NO4. The highest BCUT2D eigenvalue weighted by atomic mass is 19.4. The lowest BCUT2D eigenvalue weighted by atomic mass is 10.1. The van der Waals surface area contributed by atoms with Gasteiger partial charge in [-0.2, -0.15) is 13.2 Å². The predicted octanol–water partition coefficient (Wildman–Crippen LogP) is 3.27. The van der Waals surface area contributed by atoms with Crippen molar-refractivity contribution in [2.75, 3.05) is 19.7 Å². The van der Waals surface area contributed by atoms with Crippen LogP contribution in [0.3, 0.4) is 0 Å². The number of hydrogen-bond donors (Lipinski definition) is 1. The molecule has 0 saturated heterocycles. The minimum Gasteiger partial charge on any atom is -0.493 e. The number of hydrogen-bond acceptors (Lipinski definition) is 5. The Hall–Kier alpha value is -2.09. The second kappa shape index (κ2) is 10.8. The summed E-state index contributed by atoms with van der Waals surface area (Å²) in [6, 6.07) is 7.79. The Morgan fingerprint density at radius 3 is 2.35 bits per heavy atom. The number of benzene rings is 1. The Morgan fingerprint density at radius 2 is 1.77 bits per heavy atom. The van der Waals surface area contributed by atoms with Gasteiger partial charge in [0.25, 0.3) is 0 Å². The third kappa shape index (κ3) is 9.41. The minimum atomic E-state index is -5.15. The van der Waals surface area contributed by atoms with E-state index in [9.17, 15) is 22.8 Å². The van der Waals surface area contributed by atoms with Crippen LogP contribution in [0.1, 0.15) is 32.3 Å². The number of carbonyl (C=O) groups excluding carboxylic acids is 2. The fourth-order valence-electron chi connectivity index (χ4n) is 1.96. The van der Waals surface area contributed by atoms with Crippen LogP contribution in [-0.2, 0) is 20.7 Å². The third-order valence-electron chi connectivity index (χ3n) is 3.27. The van der Waals surface area contributed by atoms with E-state index >= 15 is 0 Å². The van der Waals surface area contributed by atoms with E-state index in [0.717, 1.165) is 24.2 Å². The topological polar surface area (TPSA) is 64.6 Å². The maximum atomic E-state index is 11.9. The first kappa shape index (κ1) is 22.0. The third-order valence-corrected chi connectivity index (χ3v) is 3.27. The van der Waals surface area contributed by atoms with Crippen LogP contribution < -0.4 is 10.1 Å². The lowest BCUT2D eigenvalue weighted by Crippen LogP contribution is -2.29. The summed E-state index contributed by atoms with van der Waals surface area (Å²) in [5.41, 5.74) is 1.14. The fourth-order valence-corrected chi connectivity index (χ4v) is 1.96. The van der Waals surface area contributed by atoms with Crippen LogP contribution in [0.15, 0.2) is 24.3 Å². The molecule has 8 heteroatoms. The van der Waals surface area contributed by atoms with Crippen LogP contribution in [0, 0.1) is 5.92 Å². The van der Waals surface area contributed by atoms with Crippen LogP contribution in [0.2, 0.25) is 0 Å². The van der Waals surface area contributed by atoms with Gasteiger partial charge in [-0.15, -0.1) is 0 Å². The molecule has 0 atom stereocenters. The summed E-state index contributed by atoms with van der Waals surface area (Å²) in [6.07, 6.45) is -3.85. The highest BCUT2D eigenvalue weighted by Gasteiger charge is 2.42. The maximum Gasteiger partial charge on any atom is 0.491 e. The molecule has 0 aliphatic rings. The Bertz CT molecular complexity index is 571. The first-order chi connectivity index (χ1) is 12.2. The van der Waals surface area contributed by atoms with Crippen molar-refractivity contribution in [3.63, 3.8) is 0 Å². The molecule has 0 aliphatic carbocycles. The summed E-state index contributed by atoms with van der Waals surface area (Å²) in [7, 11) is 0. The number of alkyl halides is 3. The normalized spacial score (nSPS) is 11.5. The summed E-state index contributed by atoms with van der Waals surface area (Å²) in [6.45, 7) is 5.56. The van der Waals surface area contributed by atoms with E-state index in [1.165, 1.54) is 0 Å². The van der Waals surface area contributed by atoms with Crippen molar-refractivity contribution in [2.24, 2.45) is 5.92 Å². The molecule has 1 aromatic carbocycles. The maximum absolute atomic E-state index is 11.9. The lowest BCUT2D eigenvalue weighted by molar-refractivity contribution is -0.201. The van der Waals surface area contributed by atoms with Crippen LogP contribution in [-0.4, -0.2) is 37.8 Å². The average Bonchev–Trinajstić information content (AvgIpc) is 2.56. The molecule has 0 heterocycles. The van der Waals surface area contributed by atoms with Gasteiger partial charge in [0.15, 0.2) is 0 Å². The number of ether oxygens (including phenoxy) is 2. The zero-order chi connectivity index (χ0) is 19.6. The SMILES string of the molecule is CC(C)COc1ccc(CCCNCCC(=O)OC(=O)C(F)(F)F)cc1. The summed E-state index contributed by atoms with van der Waals surface area (Å²) in [4.78, 5) is 21.6. The van der Waals surface area contributed by atoms with Gasteiger partial charge in [0, 0.05) is 6.54 Å². The number of esters is 2. The molecule has 0 unspecified atom stereocenters. The van der Waals surface area contributed by atoms with Gasteiger partial charge in [-0.3, -0.25) is 4.79 Å². The monoisotopic (exact) mass is 375 g/mol. The highest BCUT2D eigenvalue weighted by molar-refractivity contribution is 5.88. The first-order valence-electron chi connectivity index (χ1n) is 8.42. The van der Waals surface area contributed by atoms with Crippen LogP contribution in [0.25, 0.3) is 0 Å². The molecule has 1 rings (SSSR count). The van der Waals surface area contributed by atoms with E-state index < -0.39 is 18.1 Å². The molecule has 0 amide bonds. The second-order valence-corrected chi connectivity index (χ2v) is 6.21. The van der Waals surface area contributed by atoms with Crippen molar-refractivity contribution in [1.82, 2.24) is 5.32 Å². The minimum absolute atomic E-state index is 0.145. The van der Waals surface area contributed by atoms with E-state index in [-0.39, 0.29) is 13.0 Å². The number of aryl methyl sites for hydroxylation is 1. The summed E-state index contributed by atoms with van der Waals surface area (Å²) < 4.78 is 45.0. The zero-order valence-electron chi connectivity index (χ0n) is 14.9. The van der Waals surface area contributed by atoms with Crippen molar-refractivity contribution in [3.05, 3.63) is 29.8 Å². The van der Waals surface area contributed by atoms with Gasteiger partial charge >= 0.3 is 18.1 Å². The Labute approximate surface area is 150 Å². The molecule has 0 saturated carbocycles.